The Bertz CT molecular complexity index is 926. The third kappa shape index (κ3) is 3.33. The average Bonchev–Trinajstić information content (AvgIpc) is 3.29. The average molecular weight is 352 g/mol. The maximum atomic E-state index is 13.8. The molecular weight excluding hydrogens is 335 g/mol. The standard InChI is InChI=1S/C19H17FN4O2/c20-15-3-1-2-14-13(15)4-5-16(14)22-17(25)6-7-18-23-19(24-26-18)12-8-10-21-11-9-12/h1-3,8-11,16H,4-7H2,(H,22,25). The largest absolute Gasteiger partial charge is 0.349 e. The molecule has 1 amide bonds. The van der Waals surface area contributed by atoms with Crippen LogP contribution < -0.4 is 5.32 Å². The van der Waals surface area contributed by atoms with Crippen molar-refractivity contribution < 1.29 is 13.7 Å². The summed E-state index contributed by atoms with van der Waals surface area (Å²) < 4.78 is 19.0. The number of nitrogens with zero attached hydrogens (tertiary/aromatic N) is 3. The van der Waals surface area contributed by atoms with Crippen LogP contribution in [-0.4, -0.2) is 21.0 Å². The minimum absolute atomic E-state index is 0.115. The van der Waals surface area contributed by atoms with Gasteiger partial charge in [0.05, 0.1) is 6.04 Å². The van der Waals surface area contributed by atoms with Crippen molar-refractivity contribution in [1.29, 1.82) is 0 Å². The van der Waals surface area contributed by atoms with Crippen molar-refractivity contribution in [1.82, 2.24) is 20.4 Å². The maximum Gasteiger partial charge on any atom is 0.227 e. The molecule has 1 aliphatic rings. The Kier molecular flexibility index (Phi) is 4.43. The monoisotopic (exact) mass is 352 g/mol. The molecule has 4 rings (SSSR count). The van der Waals surface area contributed by atoms with Crippen molar-refractivity contribution in [3.05, 3.63) is 65.6 Å². The van der Waals surface area contributed by atoms with E-state index >= 15 is 0 Å². The lowest BCUT2D eigenvalue weighted by Crippen LogP contribution is -2.27. The van der Waals surface area contributed by atoms with Crippen LogP contribution in [0.4, 0.5) is 4.39 Å². The molecule has 1 atom stereocenters. The lowest BCUT2D eigenvalue weighted by molar-refractivity contribution is -0.121. The van der Waals surface area contributed by atoms with Crippen LogP contribution in [0.1, 0.15) is 35.9 Å². The smallest absolute Gasteiger partial charge is 0.227 e. The number of nitrogens with one attached hydrogen (secondary N) is 1. The third-order valence-corrected chi connectivity index (χ3v) is 4.52. The van der Waals surface area contributed by atoms with E-state index in [0.29, 0.717) is 30.1 Å². The molecule has 26 heavy (non-hydrogen) atoms. The number of hydrogen-bond donors (Lipinski definition) is 1. The van der Waals surface area contributed by atoms with Crippen LogP contribution in [0.15, 0.2) is 47.2 Å². The summed E-state index contributed by atoms with van der Waals surface area (Å²) in [6.45, 7) is 0. The molecule has 2 aromatic heterocycles. The Labute approximate surface area is 149 Å². The predicted molar refractivity (Wildman–Crippen MR) is 91.5 cm³/mol. The SMILES string of the molecule is O=C(CCc1nc(-c2ccncc2)no1)NC1CCc2c(F)cccc21. The number of halogens is 1. The van der Waals surface area contributed by atoms with Gasteiger partial charge < -0.3 is 9.84 Å². The van der Waals surface area contributed by atoms with Crippen LogP contribution in [0, 0.1) is 5.82 Å². The normalized spacial score (nSPS) is 15.7. The molecule has 3 aromatic rings. The van der Waals surface area contributed by atoms with Gasteiger partial charge in [0.2, 0.25) is 17.6 Å². The highest BCUT2D eigenvalue weighted by Crippen LogP contribution is 2.32. The quantitative estimate of drug-likeness (QED) is 0.763. The summed E-state index contributed by atoms with van der Waals surface area (Å²) in [7, 11) is 0. The summed E-state index contributed by atoms with van der Waals surface area (Å²) in [5, 5.41) is 6.89. The van der Waals surface area contributed by atoms with Gasteiger partial charge in [0.25, 0.3) is 0 Å². The van der Waals surface area contributed by atoms with E-state index in [2.05, 4.69) is 20.4 Å². The number of rotatable bonds is 5. The molecule has 7 heteroatoms. The lowest BCUT2D eigenvalue weighted by Gasteiger charge is -2.13. The van der Waals surface area contributed by atoms with E-state index in [1.54, 1.807) is 30.6 Å². The zero-order valence-corrected chi connectivity index (χ0v) is 14.0. The van der Waals surface area contributed by atoms with Crippen LogP contribution in [-0.2, 0) is 17.6 Å². The summed E-state index contributed by atoms with van der Waals surface area (Å²) in [5.74, 6) is 0.567. The summed E-state index contributed by atoms with van der Waals surface area (Å²) in [6.07, 6.45) is 5.26. The second-order valence-corrected chi connectivity index (χ2v) is 6.21. The first-order valence-corrected chi connectivity index (χ1v) is 8.50. The van der Waals surface area contributed by atoms with Crippen LogP contribution in [0.5, 0.6) is 0 Å². The molecule has 1 aromatic carbocycles. The van der Waals surface area contributed by atoms with E-state index in [9.17, 15) is 9.18 Å². The number of amides is 1. The molecule has 0 spiro atoms. The molecule has 6 nitrogen and oxygen atoms in total. The van der Waals surface area contributed by atoms with Gasteiger partial charge in [0.15, 0.2) is 0 Å². The van der Waals surface area contributed by atoms with Gasteiger partial charge in [-0.1, -0.05) is 17.3 Å². The number of pyridine rings is 1. The second kappa shape index (κ2) is 7.03. The molecule has 0 aliphatic heterocycles. The van der Waals surface area contributed by atoms with Crippen LogP contribution in [0.3, 0.4) is 0 Å². The third-order valence-electron chi connectivity index (χ3n) is 4.52. The van der Waals surface area contributed by atoms with Gasteiger partial charge in [0.1, 0.15) is 5.82 Å². The Hall–Kier alpha value is -3.09. The van der Waals surface area contributed by atoms with Gasteiger partial charge in [-0.05, 0) is 42.2 Å². The van der Waals surface area contributed by atoms with Gasteiger partial charge in [0, 0.05) is 30.8 Å². The van der Waals surface area contributed by atoms with Crippen molar-refractivity contribution in [2.75, 3.05) is 0 Å². The fraction of sp³-hybridized carbons (Fsp3) is 0.263. The molecule has 1 aliphatic carbocycles. The zero-order chi connectivity index (χ0) is 17.9. The molecule has 132 valence electrons. The maximum absolute atomic E-state index is 13.8. The Morgan fingerprint density at radius 3 is 2.96 bits per heavy atom. The fourth-order valence-corrected chi connectivity index (χ4v) is 3.22. The zero-order valence-electron chi connectivity index (χ0n) is 14.0. The van der Waals surface area contributed by atoms with Gasteiger partial charge >= 0.3 is 0 Å². The molecule has 0 saturated heterocycles. The van der Waals surface area contributed by atoms with E-state index in [1.807, 2.05) is 6.07 Å². The van der Waals surface area contributed by atoms with Crippen LogP contribution in [0.2, 0.25) is 0 Å². The first-order chi connectivity index (χ1) is 12.7. The molecule has 2 heterocycles. The summed E-state index contributed by atoms with van der Waals surface area (Å²) in [6, 6.07) is 8.45. The lowest BCUT2D eigenvalue weighted by atomic mass is 10.1. The number of carbonyl (C=O) groups is 1. The number of aromatic nitrogens is 3. The van der Waals surface area contributed by atoms with Crippen molar-refractivity contribution >= 4 is 5.91 Å². The first-order valence-electron chi connectivity index (χ1n) is 8.50. The highest BCUT2D eigenvalue weighted by atomic mass is 19.1. The first kappa shape index (κ1) is 16.4. The van der Waals surface area contributed by atoms with E-state index in [4.69, 9.17) is 4.52 Å². The summed E-state index contributed by atoms with van der Waals surface area (Å²) in [4.78, 5) is 20.5. The molecule has 0 radical (unpaired) electrons. The minimum Gasteiger partial charge on any atom is -0.349 e. The van der Waals surface area contributed by atoms with Crippen molar-refractivity contribution in [3.8, 4) is 11.4 Å². The summed E-state index contributed by atoms with van der Waals surface area (Å²) in [5.41, 5.74) is 2.39. The molecule has 1 unspecified atom stereocenters. The van der Waals surface area contributed by atoms with Gasteiger partial charge in [-0.3, -0.25) is 9.78 Å². The van der Waals surface area contributed by atoms with Gasteiger partial charge in [-0.25, -0.2) is 4.39 Å². The molecular formula is C19H17FN4O2. The van der Waals surface area contributed by atoms with E-state index in [1.165, 1.54) is 6.07 Å². The Morgan fingerprint density at radius 2 is 2.12 bits per heavy atom. The van der Waals surface area contributed by atoms with E-state index < -0.39 is 0 Å². The number of benzene rings is 1. The highest BCUT2D eigenvalue weighted by Gasteiger charge is 2.26. The van der Waals surface area contributed by atoms with Gasteiger partial charge in [-0.2, -0.15) is 4.98 Å². The van der Waals surface area contributed by atoms with Crippen LogP contribution in [0.25, 0.3) is 11.4 Å². The molecule has 1 N–H and O–H groups in total. The van der Waals surface area contributed by atoms with Crippen molar-refractivity contribution in [2.45, 2.75) is 31.7 Å². The van der Waals surface area contributed by atoms with Crippen molar-refractivity contribution in [3.63, 3.8) is 0 Å². The minimum atomic E-state index is -0.200. The fourth-order valence-electron chi connectivity index (χ4n) is 3.22. The predicted octanol–water partition coefficient (Wildman–Crippen LogP) is 3.01. The Morgan fingerprint density at radius 1 is 1.27 bits per heavy atom. The van der Waals surface area contributed by atoms with Crippen LogP contribution >= 0.6 is 0 Å². The van der Waals surface area contributed by atoms with Gasteiger partial charge in [-0.15, -0.1) is 0 Å². The molecule has 0 bridgehead atoms. The number of fused-ring (bicyclic) bond motifs is 1. The highest BCUT2D eigenvalue weighted by molar-refractivity contribution is 5.76. The number of carbonyl (C=O) groups excluding carboxylic acids is 1. The summed E-state index contributed by atoms with van der Waals surface area (Å²) >= 11 is 0. The topological polar surface area (TPSA) is 80.9 Å². The van der Waals surface area contributed by atoms with E-state index in [-0.39, 0.29) is 24.2 Å². The van der Waals surface area contributed by atoms with Crippen molar-refractivity contribution in [2.24, 2.45) is 0 Å². The van der Waals surface area contributed by atoms with E-state index in [0.717, 1.165) is 17.5 Å². The second-order valence-electron chi connectivity index (χ2n) is 6.21. The number of hydrogen-bond acceptors (Lipinski definition) is 5. The number of aryl methyl sites for hydroxylation is 1. The Balaban J connectivity index is 1.34. The molecule has 0 fully saturated rings. The molecule has 0 saturated carbocycles.